The average Bonchev–Trinajstić information content (AvgIpc) is 2.48. The fourth-order valence-electron chi connectivity index (χ4n) is 2.15. The number of anilines is 2. The lowest BCUT2D eigenvalue weighted by molar-refractivity contribution is -0.115. The number of amides is 1. The number of hydrogen-bond acceptors (Lipinski definition) is 3. The number of halogens is 1. The molecule has 2 aromatic carbocycles. The van der Waals surface area contributed by atoms with Crippen molar-refractivity contribution >= 4 is 27.3 Å². The number of rotatable bonds is 5. The highest BCUT2D eigenvalue weighted by Gasteiger charge is 2.18. The van der Waals surface area contributed by atoms with Crippen LogP contribution in [0.15, 0.2) is 42.5 Å². The van der Waals surface area contributed by atoms with Gasteiger partial charge in [0.1, 0.15) is 5.82 Å². The maximum absolute atomic E-state index is 13.5. The zero-order valence-electron chi connectivity index (χ0n) is 13.7. The Kier molecular flexibility index (Phi) is 5.23. The molecule has 0 spiro atoms. The Morgan fingerprint density at radius 2 is 1.79 bits per heavy atom. The van der Waals surface area contributed by atoms with Crippen LogP contribution in [-0.4, -0.2) is 27.6 Å². The summed E-state index contributed by atoms with van der Waals surface area (Å²) in [5.41, 5.74) is 2.21. The largest absolute Gasteiger partial charge is 0.324 e. The van der Waals surface area contributed by atoms with Crippen molar-refractivity contribution in [3.8, 4) is 0 Å². The summed E-state index contributed by atoms with van der Waals surface area (Å²) in [6.45, 7) is 1.95. The summed E-state index contributed by atoms with van der Waals surface area (Å²) >= 11 is 0. The van der Waals surface area contributed by atoms with Gasteiger partial charge in [-0.1, -0.05) is 29.8 Å². The molecule has 1 N–H and O–H groups in total. The highest BCUT2D eigenvalue weighted by molar-refractivity contribution is 7.92. The van der Waals surface area contributed by atoms with Gasteiger partial charge >= 0.3 is 0 Å². The number of nitrogens with one attached hydrogen (secondary N) is 1. The summed E-state index contributed by atoms with van der Waals surface area (Å²) in [7, 11) is -2.19. The molecule has 0 fully saturated rings. The third-order valence-corrected chi connectivity index (χ3v) is 4.75. The van der Waals surface area contributed by atoms with E-state index in [1.807, 2.05) is 31.2 Å². The normalized spacial score (nSPS) is 11.2. The molecule has 0 saturated heterocycles. The van der Waals surface area contributed by atoms with Gasteiger partial charge in [0.15, 0.2) is 0 Å². The van der Waals surface area contributed by atoms with Crippen LogP contribution >= 0.6 is 0 Å². The van der Waals surface area contributed by atoms with Gasteiger partial charge in [0.25, 0.3) is 0 Å². The van der Waals surface area contributed by atoms with E-state index in [2.05, 4.69) is 5.32 Å². The van der Waals surface area contributed by atoms with Crippen LogP contribution in [0.3, 0.4) is 0 Å². The molecule has 0 bridgehead atoms. The van der Waals surface area contributed by atoms with Gasteiger partial charge in [-0.05, 0) is 30.7 Å². The molecule has 0 radical (unpaired) electrons. The molecule has 0 saturated carbocycles. The predicted octanol–water partition coefficient (Wildman–Crippen LogP) is 2.71. The number of hydrogen-bond donors (Lipinski definition) is 1. The third kappa shape index (κ3) is 4.55. The molecule has 24 heavy (non-hydrogen) atoms. The molecule has 128 valence electrons. The summed E-state index contributed by atoms with van der Waals surface area (Å²) in [4.78, 5) is 12.2. The molecule has 0 aliphatic rings. The number of carbonyl (C=O) groups is 1. The Hall–Kier alpha value is -2.41. The topological polar surface area (TPSA) is 66.5 Å². The quantitative estimate of drug-likeness (QED) is 0.902. The molecular formula is C17H19FN2O3S. The van der Waals surface area contributed by atoms with Gasteiger partial charge in [-0.25, -0.2) is 12.8 Å². The van der Waals surface area contributed by atoms with Crippen molar-refractivity contribution in [2.75, 3.05) is 22.9 Å². The van der Waals surface area contributed by atoms with Crippen LogP contribution in [0.5, 0.6) is 0 Å². The van der Waals surface area contributed by atoms with E-state index in [9.17, 15) is 17.6 Å². The molecule has 0 aliphatic heterocycles. The van der Waals surface area contributed by atoms with E-state index >= 15 is 0 Å². The third-order valence-electron chi connectivity index (χ3n) is 3.55. The van der Waals surface area contributed by atoms with Crippen molar-refractivity contribution in [2.24, 2.45) is 0 Å². The first kappa shape index (κ1) is 17.9. The van der Waals surface area contributed by atoms with Gasteiger partial charge in [0, 0.05) is 7.05 Å². The van der Waals surface area contributed by atoms with Gasteiger partial charge in [-0.3, -0.25) is 9.10 Å². The van der Waals surface area contributed by atoms with E-state index in [0.29, 0.717) is 0 Å². The van der Waals surface area contributed by atoms with Crippen LogP contribution in [-0.2, 0) is 21.2 Å². The first-order valence-corrected chi connectivity index (χ1v) is 9.10. The zero-order chi connectivity index (χ0) is 17.9. The number of aryl methyl sites for hydroxylation is 1. The van der Waals surface area contributed by atoms with Gasteiger partial charge in [0.05, 0.1) is 24.1 Å². The minimum atomic E-state index is -3.53. The van der Waals surface area contributed by atoms with E-state index in [4.69, 9.17) is 0 Å². The van der Waals surface area contributed by atoms with E-state index in [1.54, 1.807) is 0 Å². The molecule has 0 atom stereocenters. The van der Waals surface area contributed by atoms with Crippen molar-refractivity contribution in [1.82, 2.24) is 0 Å². The number of sulfonamides is 1. The van der Waals surface area contributed by atoms with Crippen molar-refractivity contribution < 1.29 is 17.6 Å². The van der Waals surface area contributed by atoms with Crippen molar-refractivity contribution in [2.45, 2.75) is 13.3 Å². The van der Waals surface area contributed by atoms with Crippen molar-refractivity contribution in [3.63, 3.8) is 0 Å². The molecule has 0 unspecified atom stereocenters. The monoisotopic (exact) mass is 350 g/mol. The standard InChI is InChI=1S/C17H19FN2O3S/c1-12-4-6-13(7-5-12)10-17(21)19-15-11-14(18)8-9-16(15)20(2)24(3,22)23/h4-9,11H,10H2,1-3H3,(H,19,21). The first-order chi connectivity index (χ1) is 11.2. The van der Waals surface area contributed by atoms with Crippen molar-refractivity contribution in [1.29, 1.82) is 0 Å². The summed E-state index contributed by atoms with van der Waals surface area (Å²) in [5, 5.41) is 2.58. The van der Waals surface area contributed by atoms with Gasteiger partial charge in [-0.2, -0.15) is 0 Å². The molecule has 0 aliphatic carbocycles. The maximum Gasteiger partial charge on any atom is 0.232 e. The second-order valence-electron chi connectivity index (χ2n) is 5.60. The summed E-state index contributed by atoms with van der Waals surface area (Å²) in [6.07, 6.45) is 1.15. The smallest absolute Gasteiger partial charge is 0.232 e. The Morgan fingerprint density at radius 1 is 1.17 bits per heavy atom. The van der Waals surface area contributed by atoms with Crippen LogP contribution in [0.25, 0.3) is 0 Å². The van der Waals surface area contributed by atoms with E-state index in [-0.39, 0.29) is 23.7 Å². The summed E-state index contributed by atoms with van der Waals surface area (Å²) in [5.74, 6) is -0.918. The van der Waals surface area contributed by atoms with Gasteiger partial charge < -0.3 is 5.32 Å². The van der Waals surface area contributed by atoms with E-state index in [1.165, 1.54) is 13.1 Å². The predicted molar refractivity (Wildman–Crippen MR) is 93.2 cm³/mol. The zero-order valence-corrected chi connectivity index (χ0v) is 14.5. The molecular weight excluding hydrogens is 331 g/mol. The molecule has 0 heterocycles. The lowest BCUT2D eigenvalue weighted by Gasteiger charge is -2.20. The van der Waals surface area contributed by atoms with Crippen LogP contribution in [0, 0.1) is 12.7 Å². The molecule has 0 aromatic heterocycles. The van der Waals surface area contributed by atoms with E-state index < -0.39 is 15.8 Å². The minimum Gasteiger partial charge on any atom is -0.324 e. The molecule has 1 amide bonds. The Morgan fingerprint density at radius 3 is 2.38 bits per heavy atom. The average molecular weight is 350 g/mol. The molecule has 5 nitrogen and oxygen atoms in total. The molecule has 2 aromatic rings. The maximum atomic E-state index is 13.5. The van der Waals surface area contributed by atoms with Gasteiger partial charge in [0.2, 0.25) is 15.9 Å². The SMILES string of the molecule is Cc1ccc(CC(=O)Nc2cc(F)ccc2N(C)S(C)(=O)=O)cc1. The number of benzene rings is 2. The Balaban J connectivity index is 2.23. The summed E-state index contributed by atoms with van der Waals surface area (Å²) in [6, 6.07) is 11.0. The minimum absolute atomic E-state index is 0.110. The second kappa shape index (κ2) is 7.00. The fourth-order valence-corrected chi connectivity index (χ4v) is 2.66. The molecule has 2 rings (SSSR count). The fraction of sp³-hybridized carbons (Fsp3) is 0.235. The lowest BCUT2D eigenvalue weighted by Crippen LogP contribution is -2.26. The highest BCUT2D eigenvalue weighted by Crippen LogP contribution is 2.27. The van der Waals surface area contributed by atoms with Crippen LogP contribution < -0.4 is 9.62 Å². The van der Waals surface area contributed by atoms with Crippen LogP contribution in [0.2, 0.25) is 0 Å². The second-order valence-corrected chi connectivity index (χ2v) is 7.62. The van der Waals surface area contributed by atoms with Crippen LogP contribution in [0.4, 0.5) is 15.8 Å². The molecule has 7 heteroatoms. The highest BCUT2D eigenvalue weighted by atomic mass is 32.2. The first-order valence-electron chi connectivity index (χ1n) is 7.25. The van der Waals surface area contributed by atoms with Crippen LogP contribution in [0.1, 0.15) is 11.1 Å². The van der Waals surface area contributed by atoms with Gasteiger partial charge in [-0.15, -0.1) is 0 Å². The number of carbonyl (C=O) groups excluding carboxylic acids is 1. The van der Waals surface area contributed by atoms with Crippen molar-refractivity contribution in [3.05, 3.63) is 59.4 Å². The Labute approximate surface area is 141 Å². The Bertz CT molecular complexity index is 849. The lowest BCUT2D eigenvalue weighted by atomic mass is 10.1. The summed E-state index contributed by atoms with van der Waals surface area (Å²) < 4.78 is 37.9. The van der Waals surface area contributed by atoms with E-state index in [0.717, 1.165) is 33.8 Å². The number of nitrogens with zero attached hydrogens (tertiary/aromatic N) is 1.